The van der Waals surface area contributed by atoms with Crippen LogP contribution in [0.25, 0.3) is 11.0 Å². The van der Waals surface area contributed by atoms with Crippen LogP contribution in [0.3, 0.4) is 0 Å². The van der Waals surface area contributed by atoms with Gasteiger partial charge in [0.25, 0.3) is 11.1 Å². The molecule has 1 amide bonds. The van der Waals surface area contributed by atoms with Crippen molar-refractivity contribution in [2.75, 3.05) is 12.3 Å². The van der Waals surface area contributed by atoms with E-state index in [1.54, 1.807) is 11.5 Å². The first-order chi connectivity index (χ1) is 18.1. The molecule has 38 heavy (non-hydrogen) atoms. The van der Waals surface area contributed by atoms with Crippen LogP contribution >= 0.6 is 11.8 Å². The molecule has 0 saturated carbocycles. The topological polar surface area (TPSA) is 117 Å². The molecule has 0 bridgehead atoms. The lowest BCUT2D eigenvalue weighted by atomic mass is 10.1. The first-order valence-corrected chi connectivity index (χ1v) is 12.6. The first-order valence-electron chi connectivity index (χ1n) is 11.7. The van der Waals surface area contributed by atoms with Gasteiger partial charge in [0.1, 0.15) is 11.7 Å². The van der Waals surface area contributed by atoms with E-state index in [0.29, 0.717) is 27.7 Å². The highest BCUT2D eigenvalue weighted by molar-refractivity contribution is 7.99. The summed E-state index contributed by atoms with van der Waals surface area (Å²) < 4.78 is 43.3. The SMILES string of the molecule is Cc1cnc2n(c1=O)C(CC(=O)NCCn1ncc3c(=O)n(Cc4cccc(C(F)(F)F)c4)cnc31)CS2. The Bertz CT molecular complexity index is 1640. The highest BCUT2D eigenvalue weighted by Gasteiger charge is 2.30. The van der Waals surface area contributed by atoms with Gasteiger partial charge in [-0.25, -0.2) is 14.6 Å². The van der Waals surface area contributed by atoms with E-state index in [1.807, 2.05) is 0 Å². The second-order valence-corrected chi connectivity index (χ2v) is 9.89. The zero-order valence-electron chi connectivity index (χ0n) is 20.1. The summed E-state index contributed by atoms with van der Waals surface area (Å²) in [6.45, 7) is 2.08. The number of halogens is 3. The number of carbonyl (C=O) groups is 1. The van der Waals surface area contributed by atoms with Crippen LogP contribution in [0.15, 0.2) is 57.7 Å². The first kappa shape index (κ1) is 25.7. The predicted molar refractivity (Wildman–Crippen MR) is 133 cm³/mol. The lowest BCUT2D eigenvalue weighted by Crippen LogP contribution is -2.33. The molecule has 4 aromatic rings. The lowest BCUT2D eigenvalue weighted by molar-refractivity contribution is -0.137. The van der Waals surface area contributed by atoms with Gasteiger partial charge in [-0.05, 0) is 24.6 Å². The maximum atomic E-state index is 13.0. The summed E-state index contributed by atoms with van der Waals surface area (Å²) in [5, 5.41) is 7.81. The number of carbonyl (C=O) groups excluding carboxylic acids is 1. The number of nitrogens with zero attached hydrogens (tertiary/aromatic N) is 6. The van der Waals surface area contributed by atoms with E-state index in [0.717, 1.165) is 12.1 Å². The molecule has 5 rings (SSSR count). The minimum Gasteiger partial charge on any atom is -0.354 e. The summed E-state index contributed by atoms with van der Waals surface area (Å²) in [4.78, 5) is 46.4. The maximum Gasteiger partial charge on any atom is 0.416 e. The van der Waals surface area contributed by atoms with E-state index in [1.165, 1.54) is 51.9 Å². The van der Waals surface area contributed by atoms with Crippen LogP contribution in [0.1, 0.15) is 29.2 Å². The fraction of sp³-hybridized carbons (Fsp3) is 0.333. The van der Waals surface area contributed by atoms with Crippen LogP contribution < -0.4 is 16.4 Å². The Morgan fingerprint density at radius 2 is 2.00 bits per heavy atom. The third-order valence-corrected chi connectivity index (χ3v) is 7.31. The highest BCUT2D eigenvalue weighted by atomic mass is 32.2. The van der Waals surface area contributed by atoms with Gasteiger partial charge in [0.2, 0.25) is 5.91 Å². The molecule has 1 unspecified atom stereocenters. The van der Waals surface area contributed by atoms with Gasteiger partial charge in [0.15, 0.2) is 10.8 Å². The van der Waals surface area contributed by atoms with Gasteiger partial charge in [-0.3, -0.25) is 23.5 Å². The fourth-order valence-electron chi connectivity index (χ4n) is 4.27. The van der Waals surface area contributed by atoms with Crippen molar-refractivity contribution in [1.29, 1.82) is 0 Å². The van der Waals surface area contributed by atoms with E-state index in [-0.39, 0.29) is 48.9 Å². The van der Waals surface area contributed by atoms with Crippen molar-refractivity contribution < 1.29 is 18.0 Å². The van der Waals surface area contributed by atoms with Crippen LogP contribution in [-0.2, 0) is 24.1 Å². The minimum absolute atomic E-state index is 0.0758. The van der Waals surface area contributed by atoms with Crippen molar-refractivity contribution in [3.8, 4) is 0 Å². The van der Waals surface area contributed by atoms with E-state index in [2.05, 4.69) is 20.4 Å². The third kappa shape index (κ3) is 5.08. The molecule has 4 heterocycles. The molecule has 0 fully saturated rings. The quantitative estimate of drug-likeness (QED) is 0.355. The largest absolute Gasteiger partial charge is 0.416 e. The highest BCUT2D eigenvalue weighted by Crippen LogP contribution is 2.32. The molecule has 0 radical (unpaired) electrons. The number of thioether (sulfide) groups is 1. The number of benzene rings is 1. The molecule has 10 nitrogen and oxygen atoms in total. The molecular formula is C24H22F3N7O3S. The molecule has 0 aliphatic carbocycles. The molecule has 1 atom stereocenters. The average molecular weight is 546 g/mol. The van der Waals surface area contributed by atoms with Crippen molar-refractivity contribution >= 4 is 28.7 Å². The van der Waals surface area contributed by atoms with Crippen molar-refractivity contribution in [3.05, 3.63) is 80.4 Å². The third-order valence-electron chi connectivity index (χ3n) is 6.20. The zero-order valence-corrected chi connectivity index (χ0v) is 20.9. The molecular weight excluding hydrogens is 523 g/mol. The van der Waals surface area contributed by atoms with Crippen LogP contribution in [0.5, 0.6) is 0 Å². The number of aryl methyl sites for hydroxylation is 1. The van der Waals surface area contributed by atoms with Gasteiger partial charge in [-0.2, -0.15) is 18.3 Å². The summed E-state index contributed by atoms with van der Waals surface area (Å²) in [5.74, 6) is 0.351. The molecule has 1 aromatic carbocycles. The summed E-state index contributed by atoms with van der Waals surface area (Å²) in [7, 11) is 0. The number of rotatable bonds is 7. The van der Waals surface area contributed by atoms with Crippen molar-refractivity contribution in [2.24, 2.45) is 0 Å². The van der Waals surface area contributed by atoms with Crippen LogP contribution in [0, 0.1) is 6.92 Å². The standard InChI is InChI=1S/C24H22F3N7O3S/c1-14-9-29-23-34(21(14)36)17(12-38-23)8-19(35)28-5-6-33-20-18(10-31-33)22(37)32(13-30-20)11-15-3-2-4-16(7-15)24(25,26)27/h2-4,7,9-10,13,17H,5-6,8,11-12H2,1H3,(H,28,35). The van der Waals surface area contributed by atoms with Crippen LogP contribution in [0.4, 0.5) is 13.2 Å². The molecule has 1 aliphatic heterocycles. The predicted octanol–water partition coefficient (Wildman–Crippen LogP) is 2.38. The molecule has 0 spiro atoms. The summed E-state index contributed by atoms with van der Waals surface area (Å²) in [6.07, 6.45) is -0.196. The fourth-order valence-corrected chi connectivity index (χ4v) is 5.38. The van der Waals surface area contributed by atoms with Gasteiger partial charge < -0.3 is 5.32 Å². The summed E-state index contributed by atoms with van der Waals surface area (Å²) in [5.41, 5.74) is -0.233. The van der Waals surface area contributed by atoms with Crippen LogP contribution in [-0.4, -0.2) is 47.1 Å². The normalized spacial score (nSPS) is 15.1. The second-order valence-electron chi connectivity index (χ2n) is 8.90. The Morgan fingerprint density at radius 1 is 1.18 bits per heavy atom. The maximum absolute atomic E-state index is 13.0. The minimum atomic E-state index is -4.48. The van der Waals surface area contributed by atoms with Crippen molar-refractivity contribution in [3.63, 3.8) is 0 Å². The Hall–Kier alpha value is -3.94. The van der Waals surface area contributed by atoms with Gasteiger partial charge in [0, 0.05) is 30.5 Å². The number of hydrogen-bond donors (Lipinski definition) is 1. The van der Waals surface area contributed by atoms with Crippen LogP contribution in [0.2, 0.25) is 0 Å². The van der Waals surface area contributed by atoms with E-state index in [9.17, 15) is 27.6 Å². The summed E-state index contributed by atoms with van der Waals surface area (Å²) in [6, 6.07) is 4.49. The molecule has 0 saturated heterocycles. The number of aromatic nitrogens is 6. The zero-order chi connectivity index (χ0) is 27.0. The van der Waals surface area contributed by atoms with E-state index in [4.69, 9.17) is 0 Å². The Morgan fingerprint density at radius 3 is 2.79 bits per heavy atom. The van der Waals surface area contributed by atoms with E-state index < -0.39 is 17.3 Å². The van der Waals surface area contributed by atoms with Crippen molar-refractivity contribution in [2.45, 2.75) is 43.8 Å². The van der Waals surface area contributed by atoms with Gasteiger partial charge in [-0.1, -0.05) is 23.9 Å². The van der Waals surface area contributed by atoms with Gasteiger partial charge in [0.05, 0.1) is 30.9 Å². The number of alkyl halides is 3. The van der Waals surface area contributed by atoms with Gasteiger partial charge >= 0.3 is 6.18 Å². The second kappa shape index (κ2) is 10.1. The lowest BCUT2D eigenvalue weighted by Gasteiger charge is -2.13. The Balaban J connectivity index is 1.22. The van der Waals surface area contributed by atoms with Crippen molar-refractivity contribution in [1.82, 2.24) is 34.2 Å². The van der Waals surface area contributed by atoms with Gasteiger partial charge in [-0.15, -0.1) is 0 Å². The molecule has 1 N–H and O–H groups in total. The number of hydrogen-bond acceptors (Lipinski definition) is 7. The van der Waals surface area contributed by atoms with E-state index >= 15 is 0 Å². The number of amides is 1. The number of nitrogens with one attached hydrogen (secondary N) is 1. The molecule has 3 aromatic heterocycles. The molecule has 1 aliphatic rings. The Kier molecular flexibility index (Phi) is 6.82. The smallest absolute Gasteiger partial charge is 0.354 e. The summed E-state index contributed by atoms with van der Waals surface area (Å²) >= 11 is 1.44. The molecule has 14 heteroatoms. The monoisotopic (exact) mass is 545 g/mol. The number of fused-ring (bicyclic) bond motifs is 2. The molecule has 198 valence electrons. The Labute approximate surface area is 217 Å². The average Bonchev–Trinajstić information content (AvgIpc) is 3.48.